The summed E-state index contributed by atoms with van der Waals surface area (Å²) in [5.41, 5.74) is 5.79. The van der Waals surface area contributed by atoms with Gasteiger partial charge in [0.05, 0.1) is 0 Å². The molecule has 1 aromatic rings. The minimum atomic E-state index is 0.581. The Hall–Kier alpha value is -0.820. The van der Waals surface area contributed by atoms with Gasteiger partial charge in [0.2, 0.25) is 0 Å². The lowest BCUT2D eigenvalue weighted by Crippen LogP contribution is -2.28. The number of hydrogen-bond acceptors (Lipinski definition) is 1. The standard InChI is InChI=1S/C16H27N/c1-11(2)17-10-13(4)9-16-14(5)7-12(3)8-15(16)6/h7-8,11,13,17H,9-10H2,1-6H3. The summed E-state index contributed by atoms with van der Waals surface area (Å²) >= 11 is 0. The van der Waals surface area contributed by atoms with Gasteiger partial charge in [-0.25, -0.2) is 0 Å². The van der Waals surface area contributed by atoms with E-state index in [9.17, 15) is 0 Å². The normalized spacial score (nSPS) is 13.1. The Bertz CT molecular complexity index is 343. The van der Waals surface area contributed by atoms with Crippen molar-refractivity contribution in [2.75, 3.05) is 6.54 Å². The molecule has 1 N–H and O–H groups in total. The van der Waals surface area contributed by atoms with Crippen LogP contribution in [0.4, 0.5) is 0 Å². The third-order valence-electron chi connectivity index (χ3n) is 3.27. The highest BCUT2D eigenvalue weighted by Crippen LogP contribution is 2.19. The Labute approximate surface area is 107 Å². The number of benzene rings is 1. The van der Waals surface area contributed by atoms with Crippen LogP contribution >= 0.6 is 0 Å². The summed E-state index contributed by atoms with van der Waals surface area (Å²) in [4.78, 5) is 0. The molecule has 1 atom stereocenters. The molecule has 1 heteroatoms. The summed E-state index contributed by atoms with van der Waals surface area (Å²) in [6, 6.07) is 5.17. The van der Waals surface area contributed by atoms with E-state index in [1.807, 2.05) is 0 Å². The molecule has 0 fully saturated rings. The summed E-state index contributed by atoms with van der Waals surface area (Å²) in [5.74, 6) is 0.692. The first-order valence-corrected chi connectivity index (χ1v) is 6.70. The number of nitrogens with one attached hydrogen (secondary N) is 1. The predicted octanol–water partition coefficient (Wildman–Crippen LogP) is 3.79. The van der Waals surface area contributed by atoms with Gasteiger partial charge in [-0.2, -0.15) is 0 Å². The highest BCUT2D eigenvalue weighted by Gasteiger charge is 2.09. The fourth-order valence-corrected chi connectivity index (χ4v) is 2.39. The van der Waals surface area contributed by atoms with Gasteiger partial charge in [0.1, 0.15) is 0 Å². The van der Waals surface area contributed by atoms with Crippen LogP contribution < -0.4 is 5.32 Å². The fourth-order valence-electron chi connectivity index (χ4n) is 2.39. The average molecular weight is 233 g/mol. The van der Waals surface area contributed by atoms with Gasteiger partial charge < -0.3 is 5.32 Å². The lowest BCUT2D eigenvalue weighted by Gasteiger charge is -2.18. The highest BCUT2D eigenvalue weighted by molar-refractivity contribution is 5.37. The molecule has 0 aliphatic rings. The van der Waals surface area contributed by atoms with Crippen molar-refractivity contribution in [3.8, 4) is 0 Å². The maximum atomic E-state index is 3.52. The fraction of sp³-hybridized carbons (Fsp3) is 0.625. The van der Waals surface area contributed by atoms with Gasteiger partial charge in [-0.3, -0.25) is 0 Å². The van der Waals surface area contributed by atoms with Crippen LogP contribution in [0.15, 0.2) is 12.1 Å². The van der Waals surface area contributed by atoms with Crippen molar-refractivity contribution in [1.29, 1.82) is 0 Å². The van der Waals surface area contributed by atoms with E-state index >= 15 is 0 Å². The summed E-state index contributed by atoms with van der Waals surface area (Å²) in [6.45, 7) is 14.5. The van der Waals surface area contributed by atoms with Gasteiger partial charge >= 0.3 is 0 Å². The van der Waals surface area contributed by atoms with Crippen LogP contribution in [-0.4, -0.2) is 12.6 Å². The van der Waals surface area contributed by atoms with E-state index in [4.69, 9.17) is 0 Å². The maximum Gasteiger partial charge on any atom is 0.00104 e. The van der Waals surface area contributed by atoms with Crippen molar-refractivity contribution in [2.45, 2.75) is 54.0 Å². The maximum absolute atomic E-state index is 3.52. The van der Waals surface area contributed by atoms with Gasteiger partial charge in [-0.1, -0.05) is 38.5 Å². The Morgan fingerprint density at radius 3 is 2.00 bits per heavy atom. The first-order chi connectivity index (χ1) is 7.90. The Morgan fingerprint density at radius 1 is 1.00 bits per heavy atom. The molecule has 0 spiro atoms. The summed E-state index contributed by atoms with van der Waals surface area (Å²) in [5, 5.41) is 3.52. The zero-order valence-corrected chi connectivity index (χ0v) is 12.2. The Balaban J connectivity index is 2.68. The average Bonchev–Trinajstić information content (AvgIpc) is 2.20. The quantitative estimate of drug-likeness (QED) is 0.816. The van der Waals surface area contributed by atoms with Crippen molar-refractivity contribution in [1.82, 2.24) is 5.32 Å². The molecule has 0 saturated carbocycles. The lowest BCUT2D eigenvalue weighted by atomic mass is 9.92. The zero-order chi connectivity index (χ0) is 13.0. The zero-order valence-electron chi connectivity index (χ0n) is 12.2. The van der Waals surface area contributed by atoms with E-state index in [0.29, 0.717) is 12.0 Å². The summed E-state index contributed by atoms with van der Waals surface area (Å²) < 4.78 is 0. The first-order valence-electron chi connectivity index (χ1n) is 6.70. The van der Waals surface area contributed by atoms with Crippen LogP contribution in [0.1, 0.15) is 43.0 Å². The molecule has 0 aliphatic carbocycles. The Kier molecular flexibility index (Phi) is 5.20. The van der Waals surface area contributed by atoms with Crippen molar-refractivity contribution in [2.24, 2.45) is 5.92 Å². The van der Waals surface area contributed by atoms with E-state index < -0.39 is 0 Å². The van der Waals surface area contributed by atoms with Gasteiger partial charge in [-0.05, 0) is 56.3 Å². The van der Waals surface area contributed by atoms with Crippen molar-refractivity contribution in [3.05, 3.63) is 34.4 Å². The van der Waals surface area contributed by atoms with Crippen LogP contribution in [-0.2, 0) is 6.42 Å². The van der Waals surface area contributed by atoms with E-state index in [0.717, 1.165) is 6.54 Å². The third-order valence-corrected chi connectivity index (χ3v) is 3.27. The molecule has 96 valence electrons. The van der Waals surface area contributed by atoms with E-state index in [1.54, 1.807) is 0 Å². The van der Waals surface area contributed by atoms with Crippen molar-refractivity contribution < 1.29 is 0 Å². The molecule has 0 amide bonds. The molecule has 1 rings (SSSR count). The number of hydrogen-bond donors (Lipinski definition) is 1. The second-order valence-electron chi connectivity index (χ2n) is 5.75. The van der Waals surface area contributed by atoms with Gasteiger partial charge in [-0.15, -0.1) is 0 Å². The monoisotopic (exact) mass is 233 g/mol. The second-order valence-corrected chi connectivity index (χ2v) is 5.75. The second kappa shape index (κ2) is 6.20. The van der Waals surface area contributed by atoms with Crippen LogP contribution in [0.25, 0.3) is 0 Å². The molecular weight excluding hydrogens is 206 g/mol. The lowest BCUT2D eigenvalue weighted by molar-refractivity contribution is 0.474. The molecule has 17 heavy (non-hydrogen) atoms. The van der Waals surface area contributed by atoms with Crippen LogP contribution in [0.2, 0.25) is 0 Å². The molecule has 1 nitrogen and oxygen atoms in total. The number of aryl methyl sites for hydroxylation is 3. The van der Waals surface area contributed by atoms with E-state index in [1.165, 1.54) is 28.7 Å². The molecular formula is C16H27N. The third kappa shape index (κ3) is 4.51. The smallest absolute Gasteiger partial charge is 0.00104 e. The highest BCUT2D eigenvalue weighted by atomic mass is 14.9. The molecule has 0 saturated heterocycles. The van der Waals surface area contributed by atoms with Gasteiger partial charge in [0.25, 0.3) is 0 Å². The summed E-state index contributed by atoms with van der Waals surface area (Å²) in [6.07, 6.45) is 1.18. The molecule has 0 heterocycles. The molecule has 0 aromatic heterocycles. The summed E-state index contributed by atoms with van der Waals surface area (Å²) in [7, 11) is 0. The van der Waals surface area contributed by atoms with Crippen LogP contribution in [0.5, 0.6) is 0 Å². The molecule has 1 unspecified atom stereocenters. The van der Waals surface area contributed by atoms with Crippen LogP contribution in [0, 0.1) is 26.7 Å². The Morgan fingerprint density at radius 2 is 1.53 bits per heavy atom. The van der Waals surface area contributed by atoms with Crippen LogP contribution in [0.3, 0.4) is 0 Å². The van der Waals surface area contributed by atoms with E-state index in [-0.39, 0.29) is 0 Å². The molecule has 0 bridgehead atoms. The van der Waals surface area contributed by atoms with Gasteiger partial charge in [0.15, 0.2) is 0 Å². The van der Waals surface area contributed by atoms with Crippen molar-refractivity contribution in [3.63, 3.8) is 0 Å². The largest absolute Gasteiger partial charge is 0.314 e. The molecule has 0 radical (unpaired) electrons. The topological polar surface area (TPSA) is 12.0 Å². The predicted molar refractivity (Wildman–Crippen MR) is 76.7 cm³/mol. The minimum absolute atomic E-state index is 0.581. The number of rotatable bonds is 5. The first kappa shape index (κ1) is 14.2. The van der Waals surface area contributed by atoms with Gasteiger partial charge in [0, 0.05) is 6.04 Å². The molecule has 0 aliphatic heterocycles. The van der Waals surface area contributed by atoms with E-state index in [2.05, 4.69) is 59.0 Å². The SMILES string of the molecule is Cc1cc(C)c(CC(C)CNC(C)C)c(C)c1. The minimum Gasteiger partial charge on any atom is -0.314 e. The van der Waals surface area contributed by atoms with Crippen molar-refractivity contribution >= 4 is 0 Å². The molecule has 1 aromatic carbocycles.